The van der Waals surface area contributed by atoms with Gasteiger partial charge in [-0.25, -0.2) is 0 Å². The third-order valence-corrected chi connectivity index (χ3v) is 5.49. The highest BCUT2D eigenvalue weighted by atomic mass is 35.5. The van der Waals surface area contributed by atoms with Gasteiger partial charge in [0.2, 0.25) is 5.91 Å². The Bertz CT molecular complexity index is 534. The topological polar surface area (TPSA) is 32.3 Å². The van der Waals surface area contributed by atoms with E-state index < -0.39 is 0 Å². The van der Waals surface area contributed by atoms with E-state index in [9.17, 15) is 4.79 Å². The van der Waals surface area contributed by atoms with E-state index >= 15 is 0 Å². The maximum atomic E-state index is 11.8. The SMILES string of the molecule is CCC(NCCCCN1CCCCC1=O)C(C)Cc1cccc(Cl)c1. The van der Waals surface area contributed by atoms with Crippen LogP contribution in [0, 0.1) is 5.92 Å². The van der Waals surface area contributed by atoms with Crippen molar-refractivity contribution >= 4 is 17.5 Å². The molecular weight excluding hydrogens is 332 g/mol. The van der Waals surface area contributed by atoms with E-state index in [-0.39, 0.29) is 0 Å². The molecular formula is C21H33ClN2O. The number of nitrogens with one attached hydrogen (secondary N) is 1. The van der Waals surface area contributed by atoms with E-state index in [1.54, 1.807) is 0 Å². The fourth-order valence-electron chi connectivity index (χ4n) is 3.74. The van der Waals surface area contributed by atoms with Crippen LogP contribution in [0.5, 0.6) is 0 Å². The monoisotopic (exact) mass is 364 g/mol. The van der Waals surface area contributed by atoms with Gasteiger partial charge in [0, 0.05) is 30.6 Å². The molecule has 1 aliphatic rings. The third-order valence-electron chi connectivity index (χ3n) is 5.26. The Balaban J connectivity index is 1.66. The van der Waals surface area contributed by atoms with Crippen molar-refractivity contribution in [2.45, 2.75) is 64.8 Å². The summed E-state index contributed by atoms with van der Waals surface area (Å²) in [4.78, 5) is 13.8. The predicted octanol–water partition coefficient (Wildman–Crippen LogP) is 4.68. The maximum absolute atomic E-state index is 11.8. The van der Waals surface area contributed by atoms with Crippen molar-refractivity contribution in [1.29, 1.82) is 0 Å². The number of rotatable bonds is 10. The average Bonchev–Trinajstić information content (AvgIpc) is 2.59. The number of likely N-dealkylation sites (tertiary alicyclic amines) is 1. The number of nitrogens with zero attached hydrogens (tertiary/aromatic N) is 1. The van der Waals surface area contributed by atoms with Crippen LogP contribution in [0.15, 0.2) is 24.3 Å². The summed E-state index contributed by atoms with van der Waals surface area (Å²) < 4.78 is 0. The summed E-state index contributed by atoms with van der Waals surface area (Å²) in [5.74, 6) is 0.924. The Hall–Kier alpha value is -1.06. The van der Waals surface area contributed by atoms with Crippen LogP contribution in [0.1, 0.15) is 57.9 Å². The molecule has 1 aromatic rings. The van der Waals surface area contributed by atoms with Gasteiger partial charge >= 0.3 is 0 Å². The van der Waals surface area contributed by atoms with Gasteiger partial charge in [-0.05, 0) is 68.7 Å². The fraction of sp³-hybridized carbons (Fsp3) is 0.667. The second-order valence-electron chi connectivity index (χ2n) is 7.33. The van der Waals surface area contributed by atoms with Crippen LogP contribution < -0.4 is 5.32 Å². The molecule has 1 amide bonds. The standard InChI is InChI=1S/C21H33ClN2O/c1-3-20(17(2)15-18-9-8-10-19(22)16-18)23-12-5-7-14-24-13-6-4-11-21(24)25/h8-10,16-17,20,23H,3-7,11-15H2,1-2H3. The summed E-state index contributed by atoms with van der Waals surface area (Å²) in [7, 11) is 0. The van der Waals surface area contributed by atoms with Crippen LogP contribution >= 0.6 is 11.6 Å². The number of unbranched alkanes of at least 4 members (excludes halogenated alkanes) is 1. The molecule has 1 heterocycles. The van der Waals surface area contributed by atoms with Gasteiger partial charge in [0.1, 0.15) is 0 Å². The van der Waals surface area contributed by atoms with Crippen molar-refractivity contribution < 1.29 is 4.79 Å². The molecule has 3 nitrogen and oxygen atoms in total. The highest BCUT2D eigenvalue weighted by molar-refractivity contribution is 6.30. The lowest BCUT2D eigenvalue weighted by Crippen LogP contribution is -2.37. The lowest BCUT2D eigenvalue weighted by molar-refractivity contribution is -0.133. The number of benzene rings is 1. The second kappa shape index (κ2) is 10.8. The molecule has 0 aromatic heterocycles. The van der Waals surface area contributed by atoms with Crippen molar-refractivity contribution in [2.24, 2.45) is 5.92 Å². The first-order valence-electron chi connectivity index (χ1n) is 9.85. The first-order valence-corrected chi connectivity index (χ1v) is 10.2. The smallest absolute Gasteiger partial charge is 0.222 e. The van der Waals surface area contributed by atoms with Crippen molar-refractivity contribution in [3.63, 3.8) is 0 Å². The molecule has 2 rings (SSSR count). The number of carbonyl (C=O) groups excluding carboxylic acids is 1. The van der Waals surface area contributed by atoms with E-state index in [0.717, 1.165) is 63.2 Å². The molecule has 1 N–H and O–H groups in total. The molecule has 1 aromatic carbocycles. The largest absolute Gasteiger partial charge is 0.343 e. The zero-order valence-electron chi connectivity index (χ0n) is 15.8. The van der Waals surface area contributed by atoms with Crippen LogP contribution in [-0.2, 0) is 11.2 Å². The van der Waals surface area contributed by atoms with Crippen LogP contribution in [-0.4, -0.2) is 36.5 Å². The van der Waals surface area contributed by atoms with Gasteiger partial charge in [0.05, 0.1) is 0 Å². The second-order valence-corrected chi connectivity index (χ2v) is 7.76. The van der Waals surface area contributed by atoms with Gasteiger partial charge < -0.3 is 10.2 Å². The number of hydrogen-bond acceptors (Lipinski definition) is 2. The molecule has 0 radical (unpaired) electrons. The van der Waals surface area contributed by atoms with E-state index in [4.69, 9.17) is 11.6 Å². The molecule has 0 aliphatic carbocycles. The Morgan fingerprint density at radius 2 is 2.12 bits per heavy atom. The highest BCUT2D eigenvalue weighted by Crippen LogP contribution is 2.18. The van der Waals surface area contributed by atoms with E-state index in [2.05, 4.69) is 31.3 Å². The number of hydrogen-bond donors (Lipinski definition) is 1. The van der Waals surface area contributed by atoms with Crippen LogP contribution in [0.2, 0.25) is 5.02 Å². The highest BCUT2D eigenvalue weighted by Gasteiger charge is 2.18. The normalized spacial score (nSPS) is 17.6. The third kappa shape index (κ3) is 6.99. The lowest BCUT2D eigenvalue weighted by Gasteiger charge is -2.27. The van der Waals surface area contributed by atoms with E-state index in [1.807, 2.05) is 17.0 Å². The van der Waals surface area contributed by atoms with Gasteiger partial charge in [-0.1, -0.05) is 37.6 Å². The number of halogens is 1. The molecule has 25 heavy (non-hydrogen) atoms. The van der Waals surface area contributed by atoms with Gasteiger partial charge in [-0.15, -0.1) is 0 Å². The van der Waals surface area contributed by atoms with Gasteiger partial charge in [0.15, 0.2) is 0 Å². The Morgan fingerprint density at radius 3 is 2.84 bits per heavy atom. The summed E-state index contributed by atoms with van der Waals surface area (Å²) in [5.41, 5.74) is 1.31. The first-order chi connectivity index (χ1) is 12.1. The maximum Gasteiger partial charge on any atom is 0.222 e. The Labute approximate surface area is 158 Å². The summed E-state index contributed by atoms with van der Waals surface area (Å²) >= 11 is 6.09. The zero-order chi connectivity index (χ0) is 18.1. The Morgan fingerprint density at radius 1 is 1.28 bits per heavy atom. The molecule has 1 fully saturated rings. The molecule has 140 valence electrons. The van der Waals surface area contributed by atoms with Crippen LogP contribution in [0.4, 0.5) is 0 Å². The Kier molecular flexibility index (Phi) is 8.77. The number of carbonyl (C=O) groups is 1. The molecule has 1 aliphatic heterocycles. The van der Waals surface area contributed by atoms with Crippen LogP contribution in [0.3, 0.4) is 0 Å². The zero-order valence-corrected chi connectivity index (χ0v) is 16.5. The minimum atomic E-state index is 0.348. The number of amides is 1. The minimum Gasteiger partial charge on any atom is -0.343 e. The summed E-state index contributed by atoms with van der Waals surface area (Å²) in [6, 6.07) is 8.71. The predicted molar refractivity (Wildman–Crippen MR) is 106 cm³/mol. The van der Waals surface area contributed by atoms with Crippen molar-refractivity contribution in [3.8, 4) is 0 Å². The molecule has 0 spiro atoms. The van der Waals surface area contributed by atoms with Crippen molar-refractivity contribution in [2.75, 3.05) is 19.6 Å². The fourth-order valence-corrected chi connectivity index (χ4v) is 3.95. The summed E-state index contributed by atoms with van der Waals surface area (Å²) in [6.07, 6.45) is 7.39. The van der Waals surface area contributed by atoms with Crippen molar-refractivity contribution in [3.05, 3.63) is 34.9 Å². The average molecular weight is 365 g/mol. The lowest BCUT2D eigenvalue weighted by atomic mass is 9.92. The van der Waals surface area contributed by atoms with Gasteiger partial charge in [-0.2, -0.15) is 0 Å². The molecule has 2 atom stereocenters. The molecule has 4 heteroatoms. The number of piperidine rings is 1. The quantitative estimate of drug-likeness (QED) is 0.611. The first kappa shape index (κ1) is 20.3. The van der Waals surface area contributed by atoms with Gasteiger partial charge in [-0.3, -0.25) is 4.79 Å². The van der Waals surface area contributed by atoms with Crippen LogP contribution in [0.25, 0.3) is 0 Å². The molecule has 0 saturated carbocycles. The van der Waals surface area contributed by atoms with E-state index in [1.165, 1.54) is 12.0 Å². The van der Waals surface area contributed by atoms with Gasteiger partial charge in [0.25, 0.3) is 0 Å². The summed E-state index contributed by atoms with van der Waals surface area (Å²) in [5, 5.41) is 4.53. The molecule has 1 saturated heterocycles. The van der Waals surface area contributed by atoms with Crippen molar-refractivity contribution in [1.82, 2.24) is 10.2 Å². The molecule has 2 unspecified atom stereocenters. The van der Waals surface area contributed by atoms with E-state index in [0.29, 0.717) is 17.9 Å². The summed E-state index contributed by atoms with van der Waals surface area (Å²) in [6.45, 7) is 7.48. The molecule has 0 bridgehead atoms. The minimum absolute atomic E-state index is 0.348.